The maximum absolute atomic E-state index is 4.96. The van der Waals surface area contributed by atoms with Crippen molar-refractivity contribution in [2.24, 2.45) is 0 Å². The number of benzene rings is 1. The number of hydrogen-bond donors (Lipinski definition) is 0. The van der Waals surface area contributed by atoms with Crippen LogP contribution in [0.3, 0.4) is 0 Å². The molecule has 1 aliphatic carbocycles. The van der Waals surface area contributed by atoms with Gasteiger partial charge in [0.05, 0.1) is 5.52 Å². The van der Waals surface area contributed by atoms with E-state index in [1.807, 2.05) is 0 Å². The van der Waals surface area contributed by atoms with Crippen molar-refractivity contribution < 1.29 is 0 Å². The van der Waals surface area contributed by atoms with E-state index in [1.54, 1.807) is 0 Å². The predicted molar refractivity (Wildman–Crippen MR) is 105 cm³/mol. The average molecular weight is 332 g/mol. The number of para-hydroxylation sites is 1. The maximum Gasteiger partial charge on any atom is 0.0718 e. The molecule has 2 aliphatic rings. The quantitative estimate of drug-likeness (QED) is 0.584. The molecule has 4 rings (SSSR count). The molecule has 1 fully saturated rings. The summed E-state index contributed by atoms with van der Waals surface area (Å²) in [5.41, 5.74) is 5.11. The minimum absolute atomic E-state index is 0.978. The van der Waals surface area contributed by atoms with Crippen LogP contribution in [0.2, 0.25) is 0 Å². The predicted octanol–water partition coefficient (Wildman–Crippen LogP) is 4.73. The maximum atomic E-state index is 4.96. The standard InChI is InChI=1S/C23H28N2/c1-3-12-20-19(11-7-10-18-25-16-8-2-9-17-25)21-13-5-6-15-23(21)24-22(20)14-4-1/h5-6,13,15H,1-4,8-10,12,14,16-18H2. The third-order valence-corrected chi connectivity index (χ3v) is 5.63. The molecule has 2 heterocycles. The molecule has 1 saturated heterocycles. The second-order valence-corrected chi connectivity index (χ2v) is 7.44. The van der Waals surface area contributed by atoms with Crippen molar-refractivity contribution in [2.45, 2.75) is 57.8 Å². The Balaban J connectivity index is 1.61. The molecule has 1 aliphatic heterocycles. The second kappa shape index (κ2) is 8.02. The van der Waals surface area contributed by atoms with E-state index >= 15 is 0 Å². The zero-order chi connectivity index (χ0) is 16.9. The highest BCUT2D eigenvalue weighted by Crippen LogP contribution is 2.28. The Morgan fingerprint density at radius 1 is 0.920 bits per heavy atom. The second-order valence-electron chi connectivity index (χ2n) is 7.44. The fourth-order valence-corrected chi connectivity index (χ4v) is 4.24. The van der Waals surface area contributed by atoms with Crippen molar-refractivity contribution >= 4 is 10.9 Å². The van der Waals surface area contributed by atoms with Crippen LogP contribution in [0, 0.1) is 11.8 Å². The fraction of sp³-hybridized carbons (Fsp3) is 0.522. The molecular weight excluding hydrogens is 304 g/mol. The SMILES string of the molecule is C(#Cc1c2c(nc3ccccc13)CCCCC2)CCN1CCCCC1. The number of piperidine rings is 1. The monoisotopic (exact) mass is 332 g/mol. The van der Waals surface area contributed by atoms with Gasteiger partial charge in [-0.15, -0.1) is 0 Å². The first-order chi connectivity index (χ1) is 12.4. The van der Waals surface area contributed by atoms with Gasteiger partial charge in [-0.05, 0) is 63.2 Å². The van der Waals surface area contributed by atoms with Crippen LogP contribution in [0.1, 0.15) is 61.8 Å². The van der Waals surface area contributed by atoms with E-state index in [-0.39, 0.29) is 0 Å². The summed E-state index contributed by atoms with van der Waals surface area (Å²) in [5.74, 6) is 7.06. The lowest BCUT2D eigenvalue weighted by atomic mass is 9.97. The van der Waals surface area contributed by atoms with Gasteiger partial charge in [-0.3, -0.25) is 4.98 Å². The van der Waals surface area contributed by atoms with E-state index in [0.717, 1.165) is 31.3 Å². The van der Waals surface area contributed by atoms with Crippen molar-refractivity contribution in [1.29, 1.82) is 0 Å². The number of fused-ring (bicyclic) bond motifs is 2. The zero-order valence-electron chi connectivity index (χ0n) is 15.2. The zero-order valence-corrected chi connectivity index (χ0v) is 15.2. The van der Waals surface area contributed by atoms with Crippen LogP contribution in [0.5, 0.6) is 0 Å². The van der Waals surface area contributed by atoms with Crippen molar-refractivity contribution in [3.63, 3.8) is 0 Å². The van der Waals surface area contributed by atoms with Crippen LogP contribution in [-0.4, -0.2) is 29.5 Å². The van der Waals surface area contributed by atoms with Gasteiger partial charge in [0.1, 0.15) is 0 Å². The molecule has 0 spiro atoms. The first kappa shape index (κ1) is 16.6. The molecule has 1 aromatic heterocycles. The first-order valence-electron chi connectivity index (χ1n) is 10.0. The normalized spacial score (nSPS) is 18.2. The Morgan fingerprint density at radius 3 is 2.64 bits per heavy atom. The lowest BCUT2D eigenvalue weighted by Crippen LogP contribution is -2.30. The summed E-state index contributed by atoms with van der Waals surface area (Å²) in [7, 11) is 0. The fourth-order valence-electron chi connectivity index (χ4n) is 4.24. The van der Waals surface area contributed by atoms with Gasteiger partial charge in [-0.2, -0.15) is 0 Å². The van der Waals surface area contributed by atoms with Gasteiger partial charge in [0.25, 0.3) is 0 Å². The van der Waals surface area contributed by atoms with Crippen molar-refractivity contribution in [3.05, 3.63) is 41.1 Å². The summed E-state index contributed by atoms with van der Waals surface area (Å²) >= 11 is 0. The van der Waals surface area contributed by atoms with Crippen LogP contribution in [0.25, 0.3) is 10.9 Å². The van der Waals surface area contributed by atoms with Gasteiger partial charge in [0.2, 0.25) is 0 Å². The summed E-state index contributed by atoms with van der Waals surface area (Å²) in [6.45, 7) is 3.64. The molecule has 0 saturated carbocycles. The summed E-state index contributed by atoms with van der Waals surface area (Å²) in [5, 5.41) is 1.24. The van der Waals surface area contributed by atoms with Gasteiger partial charge < -0.3 is 4.90 Å². The van der Waals surface area contributed by atoms with Crippen LogP contribution in [-0.2, 0) is 12.8 Å². The molecule has 0 bridgehead atoms. The highest BCUT2D eigenvalue weighted by Gasteiger charge is 2.16. The molecule has 0 unspecified atom stereocenters. The molecule has 2 heteroatoms. The van der Waals surface area contributed by atoms with Crippen molar-refractivity contribution in [1.82, 2.24) is 9.88 Å². The van der Waals surface area contributed by atoms with Crippen molar-refractivity contribution in [3.8, 4) is 11.8 Å². The van der Waals surface area contributed by atoms with Crippen molar-refractivity contribution in [2.75, 3.05) is 19.6 Å². The highest BCUT2D eigenvalue weighted by molar-refractivity contribution is 5.86. The number of aryl methyl sites for hydroxylation is 1. The smallest absolute Gasteiger partial charge is 0.0718 e. The number of hydrogen-bond acceptors (Lipinski definition) is 2. The third kappa shape index (κ3) is 3.88. The summed E-state index contributed by atoms with van der Waals surface area (Å²) in [4.78, 5) is 7.53. The molecule has 0 radical (unpaired) electrons. The van der Waals surface area contributed by atoms with Gasteiger partial charge in [0.15, 0.2) is 0 Å². The number of nitrogens with zero attached hydrogens (tertiary/aromatic N) is 2. The first-order valence-corrected chi connectivity index (χ1v) is 10.0. The lowest BCUT2D eigenvalue weighted by molar-refractivity contribution is 0.234. The molecule has 2 nitrogen and oxygen atoms in total. The number of rotatable bonds is 2. The Bertz CT molecular complexity index is 791. The Morgan fingerprint density at radius 2 is 1.72 bits per heavy atom. The van der Waals surface area contributed by atoms with Crippen LogP contribution < -0.4 is 0 Å². The summed E-state index contributed by atoms with van der Waals surface area (Å²) < 4.78 is 0. The Hall–Kier alpha value is -1.85. The third-order valence-electron chi connectivity index (χ3n) is 5.63. The van der Waals surface area contributed by atoms with E-state index in [4.69, 9.17) is 4.98 Å². The topological polar surface area (TPSA) is 16.1 Å². The lowest BCUT2D eigenvalue weighted by Gasteiger charge is -2.25. The highest BCUT2D eigenvalue weighted by atomic mass is 15.1. The molecule has 2 aromatic rings. The van der Waals surface area contributed by atoms with E-state index in [0.29, 0.717) is 0 Å². The molecule has 0 amide bonds. The van der Waals surface area contributed by atoms with E-state index in [1.165, 1.54) is 73.8 Å². The molecule has 0 atom stereocenters. The molecule has 0 N–H and O–H groups in total. The molecule has 25 heavy (non-hydrogen) atoms. The van der Waals surface area contributed by atoms with Gasteiger partial charge in [-0.1, -0.05) is 42.9 Å². The average Bonchev–Trinajstić information content (AvgIpc) is 2.90. The van der Waals surface area contributed by atoms with Gasteiger partial charge in [-0.25, -0.2) is 0 Å². The van der Waals surface area contributed by atoms with E-state index in [2.05, 4.69) is 41.0 Å². The summed E-state index contributed by atoms with van der Waals surface area (Å²) in [6.07, 6.45) is 11.2. The largest absolute Gasteiger partial charge is 0.302 e. The summed E-state index contributed by atoms with van der Waals surface area (Å²) in [6, 6.07) is 8.54. The molecule has 130 valence electrons. The van der Waals surface area contributed by atoms with Gasteiger partial charge in [0, 0.05) is 29.6 Å². The van der Waals surface area contributed by atoms with Crippen LogP contribution in [0.4, 0.5) is 0 Å². The minimum Gasteiger partial charge on any atom is -0.302 e. The number of aromatic nitrogens is 1. The minimum atomic E-state index is 0.978. The van der Waals surface area contributed by atoms with E-state index in [9.17, 15) is 0 Å². The van der Waals surface area contributed by atoms with Gasteiger partial charge >= 0.3 is 0 Å². The molecule has 1 aromatic carbocycles. The van der Waals surface area contributed by atoms with Crippen LogP contribution in [0.15, 0.2) is 24.3 Å². The Kier molecular flexibility index (Phi) is 5.33. The van der Waals surface area contributed by atoms with Crippen LogP contribution >= 0.6 is 0 Å². The molecular formula is C23H28N2. The Labute approximate surface area is 151 Å². The number of pyridine rings is 1. The number of likely N-dealkylation sites (tertiary alicyclic amines) is 1. The van der Waals surface area contributed by atoms with E-state index < -0.39 is 0 Å².